The second-order valence-corrected chi connectivity index (χ2v) is 5.38. The smallest absolute Gasteiger partial charge is 0.342 e. The van der Waals surface area contributed by atoms with Crippen LogP contribution in [0.1, 0.15) is 17.3 Å². The number of H-pyrrole nitrogens is 2. The number of nitrogens with zero attached hydrogens (tertiary/aromatic N) is 1. The zero-order chi connectivity index (χ0) is 17.5. The lowest BCUT2D eigenvalue weighted by Crippen LogP contribution is -2.26. The van der Waals surface area contributed by atoms with Crippen LogP contribution in [0.25, 0.3) is 0 Å². The number of carbonyl (C=O) groups excluding carboxylic acids is 2. The molecule has 24 heavy (non-hydrogen) atoms. The molecule has 2 rings (SSSR count). The van der Waals surface area contributed by atoms with Crippen LogP contribution in [0.5, 0.6) is 0 Å². The number of rotatable bonds is 6. The van der Waals surface area contributed by atoms with E-state index in [-0.39, 0.29) is 22.9 Å². The maximum atomic E-state index is 12.0. The lowest BCUT2D eigenvalue weighted by atomic mass is 10.2. The first-order chi connectivity index (χ1) is 11.5. The number of amides is 1. The van der Waals surface area contributed by atoms with E-state index >= 15 is 0 Å². The second-order valence-electron chi connectivity index (χ2n) is 4.41. The predicted octanol–water partition coefficient (Wildman–Crippen LogP) is 0.366. The minimum Gasteiger partial charge on any atom is -0.462 e. The van der Waals surface area contributed by atoms with Gasteiger partial charge in [0.05, 0.1) is 23.6 Å². The van der Waals surface area contributed by atoms with Crippen LogP contribution in [-0.2, 0) is 9.53 Å². The lowest BCUT2D eigenvalue weighted by molar-refractivity contribution is -0.113. The second kappa shape index (κ2) is 8.11. The molecule has 1 heterocycles. The van der Waals surface area contributed by atoms with Crippen molar-refractivity contribution in [3.8, 4) is 0 Å². The number of nitrogens with one attached hydrogen (secondary N) is 3. The number of esters is 1. The third-order valence-corrected chi connectivity index (χ3v) is 3.67. The van der Waals surface area contributed by atoms with Gasteiger partial charge in [-0.05, 0) is 19.1 Å². The van der Waals surface area contributed by atoms with Crippen molar-refractivity contribution in [2.45, 2.75) is 11.9 Å². The molecule has 0 unspecified atom stereocenters. The Morgan fingerprint density at radius 1 is 1.29 bits per heavy atom. The molecule has 3 N–H and O–H groups in total. The minimum atomic E-state index is -0.725. The van der Waals surface area contributed by atoms with Crippen LogP contribution < -0.4 is 16.6 Å². The highest BCUT2D eigenvalue weighted by Crippen LogP contribution is 2.17. The summed E-state index contributed by atoms with van der Waals surface area (Å²) in [5.74, 6) is -1.11. The summed E-state index contributed by atoms with van der Waals surface area (Å²) in [6.45, 7) is 1.90. The van der Waals surface area contributed by atoms with Gasteiger partial charge < -0.3 is 10.1 Å². The summed E-state index contributed by atoms with van der Waals surface area (Å²) in [5, 5.41) is 8.17. The Morgan fingerprint density at radius 2 is 2.04 bits per heavy atom. The molecule has 1 amide bonds. The van der Waals surface area contributed by atoms with Gasteiger partial charge in [0, 0.05) is 0 Å². The highest BCUT2D eigenvalue weighted by Gasteiger charge is 2.14. The van der Waals surface area contributed by atoms with E-state index in [0.717, 1.165) is 11.8 Å². The molecule has 0 atom stereocenters. The monoisotopic (exact) mass is 350 g/mol. The van der Waals surface area contributed by atoms with Gasteiger partial charge in [0.15, 0.2) is 5.03 Å². The number of carbonyl (C=O) groups is 2. The molecule has 0 bridgehead atoms. The van der Waals surface area contributed by atoms with E-state index in [1.807, 2.05) is 4.98 Å². The Bertz CT molecular complexity index is 860. The fraction of sp³-hybridized carbons (Fsp3) is 0.214. The summed E-state index contributed by atoms with van der Waals surface area (Å²) >= 11 is 0.854. The zero-order valence-electron chi connectivity index (χ0n) is 12.6. The number of aromatic nitrogens is 3. The van der Waals surface area contributed by atoms with Gasteiger partial charge in [-0.2, -0.15) is 5.10 Å². The SMILES string of the molecule is CCOC(=O)c1ccccc1NC(=O)CSc1n[nH]c(=O)[nH]c1=O. The highest BCUT2D eigenvalue weighted by molar-refractivity contribution is 7.99. The molecule has 0 radical (unpaired) electrons. The summed E-state index contributed by atoms with van der Waals surface area (Å²) < 4.78 is 4.92. The van der Waals surface area contributed by atoms with E-state index in [4.69, 9.17) is 4.74 Å². The van der Waals surface area contributed by atoms with Crippen LogP contribution >= 0.6 is 11.8 Å². The summed E-state index contributed by atoms with van der Waals surface area (Å²) in [5.41, 5.74) is -0.858. The molecule has 2 aromatic rings. The molecule has 1 aromatic carbocycles. The number of para-hydroxylation sites is 1. The molecule has 0 saturated heterocycles. The number of ether oxygens (including phenoxy) is 1. The maximum absolute atomic E-state index is 12.0. The summed E-state index contributed by atoms with van der Waals surface area (Å²) in [6.07, 6.45) is 0. The van der Waals surface area contributed by atoms with Crippen LogP contribution in [0, 0.1) is 0 Å². The van der Waals surface area contributed by atoms with Gasteiger partial charge in [0.1, 0.15) is 0 Å². The number of anilines is 1. The molecule has 0 aliphatic rings. The van der Waals surface area contributed by atoms with Crippen LogP contribution in [0.2, 0.25) is 0 Å². The van der Waals surface area contributed by atoms with Crippen LogP contribution in [0.4, 0.5) is 5.69 Å². The van der Waals surface area contributed by atoms with E-state index in [0.29, 0.717) is 5.69 Å². The van der Waals surface area contributed by atoms with Gasteiger partial charge in [-0.3, -0.25) is 14.6 Å². The van der Waals surface area contributed by atoms with Crippen molar-refractivity contribution in [1.82, 2.24) is 15.2 Å². The largest absolute Gasteiger partial charge is 0.462 e. The number of aromatic amines is 2. The van der Waals surface area contributed by atoms with E-state index in [2.05, 4.69) is 15.5 Å². The Morgan fingerprint density at radius 3 is 2.75 bits per heavy atom. The van der Waals surface area contributed by atoms with E-state index in [9.17, 15) is 19.2 Å². The number of hydrogen-bond donors (Lipinski definition) is 3. The van der Waals surface area contributed by atoms with Gasteiger partial charge >= 0.3 is 11.7 Å². The third-order valence-electron chi connectivity index (χ3n) is 2.72. The third kappa shape index (κ3) is 4.56. The van der Waals surface area contributed by atoms with E-state index in [1.165, 1.54) is 6.07 Å². The molecule has 0 spiro atoms. The van der Waals surface area contributed by atoms with Crippen molar-refractivity contribution in [3.05, 3.63) is 50.7 Å². The van der Waals surface area contributed by atoms with Gasteiger partial charge in [0.2, 0.25) is 5.91 Å². The fourth-order valence-electron chi connectivity index (χ4n) is 1.73. The quantitative estimate of drug-likeness (QED) is 0.506. The van der Waals surface area contributed by atoms with Crippen molar-refractivity contribution in [2.75, 3.05) is 17.7 Å². The van der Waals surface area contributed by atoms with E-state index in [1.54, 1.807) is 25.1 Å². The normalized spacial score (nSPS) is 10.2. The van der Waals surface area contributed by atoms with Crippen molar-refractivity contribution in [2.24, 2.45) is 0 Å². The Balaban J connectivity index is 2.04. The molecule has 1 aromatic heterocycles. The molecular formula is C14H14N4O5S. The Kier molecular flexibility index (Phi) is 5.90. The van der Waals surface area contributed by atoms with Crippen LogP contribution in [0.15, 0.2) is 38.9 Å². The molecule has 0 saturated carbocycles. The van der Waals surface area contributed by atoms with Gasteiger partial charge in [-0.15, -0.1) is 0 Å². The molecule has 9 nitrogen and oxygen atoms in total. The highest BCUT2D eigenvalue weighted by atomic mass is 32.2. The van der Waals surface area contributed by atoms with E-state index < -0.39 is 23.1 Å². The van der Waals surface area contributed by atoms with Crippen molar-refractivity contribution in [3.63, 3.8) is 0 Å². The van der Waals surface area contributed by atoms with Crippen LogP contribution in [-0.4, -0.2) is 39.4 Å². The zero-order valence-corrected chi connectivity index (χ0v) is 13.4. The van der Waals surface area contributed by atoms with Crippen LogP contribution in [0.3, 0.4) is 0 Å². The minimum absolute atomic E-state index is 0.0385. The fourth-order valence-corrected chi connectivity index (χ4v) is 2.37. The summed E-state index contributed by atoms with van der Waals surface area (Å²) in [7, 11) is 0. The standard InChI is InChI=1S/C14H14N4O5S/c1-2-23-13(21)8-5-3-4-6-9(8)15-10(19)7-24-12-11(20)16-14(22)18-17-12/h3-6H,2,7H2,1H3,(H,15,19)(H2,16,18,20,22). The van der Waals surface area contributed by atoms with Gasteiger partial charge in [-0.1, -0.05) is 23.9 Å². The molecule has 0 fully saturated rings. The predicted molar refractivity (Wildman–Crippen MR) is 87.2 cm³/mol. The van der Waals surface area contributed by atoms with Crippen molar-refractivity contribution < 1.29 is 14.3 Å². The number of benzene rings is 1. The first-order valence-electron chi connectivity index (χ1n) is 6.89. The molecule has 126 valence electrons. The topological polar surface area (TPSA) is 134 Å². The summed E-state index contributed by atoms with van der Waals surface area (Å²) in [6, 6.07) is 6.43. The first-order valence-corrected chi connectivity index (χ1v) is 7.87. The van der Waals surface area contributed by atoms with Gasteiger partial charge in [-0.25, -0.2) is 14.7 Å². The summed E-state index contributed by atoms with van der Waals surface area (Å²) in [4.78, 5) is 48.2. The van der Waals surface area contributed by atoms with Gasteiger partial charge in [0.25, 0.3) is 5.56 Å². The first kappa shape index (κ1) is 17.5. The Labute approximate surface area is 139 Å². The molecular weight excluding hydrogens is 336 g/mol. The average molecular weight is 350 g/mol. The molecule has 0 aliphatic carbocycles. The average Bonchev–Trinajstić information content (AvgIpc) is 2.54. The Hall–Kier alpha value is -2.88. The lowest BCUT2D eigenvalue weighted by Gasteiger charge is -2.09. The maximum Gasteiger partial charge on any atom is 0.342 e. The number of hydrogen-bond acceptors (Lipinski definition) is 7. The number of thioether (sulfide) groups is 1. The van der Waals surface area contributed by atoms with Crippen molar-refractivity contribution in [1.29, 1.82) is 0 Å². The molecule has 0 aliphatic heterocycles. The van der Waals surface area contributed by atoms with Crippen molar-refractivity contribution >= 4 is 29.3 Å². The molecule has 10 heteroatoms.